The molecule has 0 aliphatic carbocycles. The van der Waals surface area contributed by atoms with Crippen molar-refractivity contribution in [1.82, 2.24) is 20.2 Å². The van der Waals surface area contributed by atoms with Crippen molar-refractivity contribution < 1.29 is 0 Å². The summed E-state index contributed by atoms with van der Waals surface area (Å²) < 4.78 is 0. The third-order valence-electron chi connectivity index (χ3n) is 3.88. The number of H-pyrrole nitrogens is 1. The van der Waals surface area contributed by atoms with Crippen molar-refractivity contribution in [2.75, 3.05) is 26.2 Å². The zero-order chi connectivity index (χ0) is 13.9. The predicted octanol–water partition coefficient (Wildman–Crippen LogP) is 1.83. The van der Waals surface area contributed by atoms with Crippen LogP contribution in [0.4, 0.5) is 0 Å². The van der Waals surface area contributed by atoms with Gasteiger partial charge in [-0.1, -0.05) is 13.8 Å². The van der Waals surface area contributed by atoms with E-state index < -0.39 is 0 Å². The fraction of sp³-hybridized carbons (Fsp3) is 0.800. The number of imidazole rings is 1. The molecule has 0 atom stereocenters. The van der Waals surface area contributed by atoms with Gasteiger partial charge in [0, 0.05) is 50.0 Å². The molecule has 19 heavy (non-hydrogen) atoms. The van der Waals surface area contributed by atoms with Crippen LogP contribution in [0.1, 0.15) is 39.2 Å². The van der Waals surface area contributed by atoms with Gasteiger partial charge < -0.3 is 10.3 Å². The normalized spacial score (nSPS) is 18.2. The lowest BCUT2D eigenvalue weighted by Crippen LogP contribution is -2.54. The van der Waals surface area contributed by atoms with Crippen LogP contribution < -0.4 is 5.32 Å². The van der Waals surface area contributed by atoms with E-state index in [1.165, 1.54) is 5.69 Å². The largest absolute Gasteiger partial charge is 0.346 e. The Hall–Kier alpha value is -0.870. The number of aromatic amines is 1. The van der Waals surface area contributed by atoms with Gasteiger partial charge in [-0.3, -0.25) is 4.90 Å². The van der Waals surface area contributed by atoms with Gasteiger partial charge in [-0.2, -0.15) is 0 Å². The molecule has 0 spiro atoms. The molecule has 2 N–H and O–H groups in total. The molecule has 1 fully saturated rings. The smallest absolute Gasteiger partial charge is 0.108 e. The first kappa shape index (κ1) is 14.5. The van der Waals surface area contributed by atoms with Crippen LogP contribution in [-0.4, -0.2) is 46.6 Å². The fourth-order valence-electron chi connectivity index (χ4n) is 2.83. The number of hydrogen-bond donors (Lipinski definition) is 2. The quantitative estimate of drug-likeness (QED) is 0.853. The van der Waals surface area contributed by atoms with Crippen LogP contribution in [0.3, 0.4) is 0 Å². The van der Waals surface area contributed by atoms with Gasteiger partial charge in [0.25, 0.3) is 0 Å². The molecule has 1 aromatic heterocycles. The lowest BCUT2D eigenvalue weighted by molar-refractivity contribution is 0.102. The molecule has 0 radical (unpaired) electrons. The Morgan fingerprint density at radius 1 is 1.32 bits per heavy atom. The summed E-state index contributed by atoms with van der Waals surface area (Å²) in [6, 6.07) is 0. The van der Waals surface area contributed by atoms with E-state index in [-0.39, 0.29) is 5.54 Å². The van der Waals surface area contributed by atoms with Gasteiger partial charge >= 0.3 is 0 Å². The average Bonchev–Trinajstić information content (AvgIpc) is 2.76. The molecule has 4 heteroatoms. The van der Waals surface area contributed by atoms with E-state index in [0.29, 0.717) is 5.92 Å². The van der Waals surface area contributed by atoms with Gasteiger partial charge in [0.1, 0.15) is 5.82 Å². The average molecular weight is 264 g/mol. The van der Waals surface area contributed by atoms with Crippen LogP contribution in [0, 0.1) is 5.92 Å². The second-order valence-electron chi connectivity index (χ2n) is 6.68. The van der Waals surface area contributed by atoms with Gasteiger partial charge in [0.2, 0.25) is 0 Å². The maximum Gasteiger partial charge on any atom is 0.108 e. The third-order valence-corrected chi connectivity index (χ3v) is 3.88. The van der Waals surface area contributed by atoms with Crippen LogP contribution in [-0.2, 0) is 12.8 Å². The first-order valence-electron chi connectivity index (χ1n) is 7.46. The van der Waals surface area contributed by atoms with Crippen LogP contribution in [0.5, 0.6) is 0 Å². The number of nitrogens with zero attached hydrogens (tertiary/aromatic N) is 2. The van der Waals surface area contributed by atoms with Crippen molar-refractivity contribution in [3.05, 3.63) is 17.7 Å². The number of nitrogens with one attached hydrogen (secondary N) is 2. The predicted molar refractivity (Wildman–Crippen MR) is 79.4 cm³/mol. The van der Waals surface area contributed by atoms with Gasteiger partial charge in [-0.15, -0.1) is 0 Å². The molecular weight excluding hydrogens is 236 g/mol. The molecule has 0 saturated carbocycles. The second kappa shape index (κ2) is 6.06. The molecule has 0 amide bonds. The minimum Gasteiger partial charge on any atom is -0.346 e. The van der Waals surface area contributed by atoms with Crippen LogP contribution >= 0.6 is 0 Å². The van der Waals surface area contributed by atoms with Crippen LogP contribution in [0.15, 0.2) is 6.20 Å². The molecule has 1 saturated heterocycles. The van der Waals surface area contributed by atoms with Gasteiger partial charge in [0.15, 0.2) is 0 Å². The lowest BCUT2D eigenvalue weighted by Gasteiger charge is -2.40. The van der Waals surface area contributed by atoms with E-state index in [4.69, 9.17) is 0 Å². The Morgan fingerprint density at radius 3 is 2.63 bits per heavy atom. The van der Waals surface area contributed by atoms with Gasteiger partial charge in [0.05, 0.1) is 0 Å². The first-order valence-corrected chi connectivity index (χ1v) is 7.46. The zero-order valence-electron chi connectivity index (χ0n) is 12.8. The van der Waals surface area contributed by atoms with Crippen molar-refractivity contribution in [2.24, 2.45) is 5.92 Å². The van der Waals surface area contributed by atoms with Crippen molar-refractivity contribution in [1.29, 1.82) is 0 Å². The van der Waals surface area contributed by atoms with E-state index in [9.17, 15) is 0 Å². The molecule has 0 bridgehead atoms. The molecule has 2 heterocycles. The number of aromatic nitrogens is 2. The summed E-state index contributed by atoms with van der Waals surface area (Å²) in [6.45, 7) is 13.6. The highest BCUT2D eigenvalue weighted by Gasteiger charge is 2.28. The monoisotopic (exact) mass is 264 g/mol. The molecule has 108 valence electrons. The summed E-state index contributed by atoms with van der Waals surface area (Å²) in [5, 5.41) is 3.41. The summed E-state index contributed by atoms with van der Waals surface area (Å²) in [4.78, 5) is 10.6. The highest BCUT2D eigenvalue weighted by atomic mass is 15.2. The molecule has 2 rings (SSSR count). The fourth-order valence-corrected chi connectivity index (χ4v) is 2.83. The summed E-state index contributed by atoms with van der Waals surface area (Å²) in [5.41, 5.74) is 1.44. The van der Waals surface area contributed by atoms with E-state index in [0.717, 1.165) is 44.8 Å². The molecule has 0 unspecified atom stereocenters. The lowest BCUT2D eigenvalue weighted by atomic mass is 9.97. The topological polar surface area (TPSA) is 44.0 Å². The maximum absolute atomic E-state index is 4.55. The number of rotatable bonds is 5. The Bertz CT molecular complexity index is 389. The van der Waals surface area contributed by atoms with E-state index in [1.807, 2.05) is 6.20 Å². The third kappa shape index (κ3) is 4.05. The van der Waals surface area contributed by atoms with Crippen molar-refractivity contribution in [2.45, 2.75) is 46.1 Å². The van der Waals surface area contributed by atoms with Crippen molar-refractivity contribution in [3.8, 4) is 0 Å². The summed E-state index contributed by atoms with van der Waals surface area (Å²) in [5.74, 6) is 1.80. The molecular formula is C15H28N4. The zero-order valence-corrected chi connectivity index (χ0v) is 12.8. The first-order chi connectivity index (χ1) is 8.97. The molecule has 1 aromatic rings. The highest BCUT2D eigenvalue weighted by Crippen LogP contribution is 2.20. The summed E-state index contributed by atoms with van der Waals surface area (Å²) in [6.07, 6.45) is 4.08. The van der Waals surface area contributed by atoms with E-state index in [1.54, 1.807) is 0 Å². The number of piperazine rings is 1. The Kier molecular flexibility index (Phi) is 4.63. The van der Waals surface area contributed by atoms with Crippen LogP contribution in [0.2, 0.25) is 0 Å². The maximum atomic E-state index is 4.55. The van der Waals surface area contributed by atoms with E-state index >= 15 is 0 Å². The number of hydrogen-bond acceptors (Lipinski definition) is 3. The van der Waals surface area contributed by atoms with Crippen LogP contribution in [0.25, 0.3) is 0 Å². The Morgan fingerprint density at radius 2 is 2.00 bits per heavy atom. The summed E-state index contributed by atoms with van der Waals surface area (Å²) in [7, 11) is 0. The minimum absolute atomic E-state index is 0.176. The van der Waals surface area contributed by atoms with E-state index in [2.05, 4.69) is 47.9 Å². The van der Waals surface area contributed by atoms with Crippen molar-refractivity contribution in [3.63, 3.8) is 0 Å². The van der Waals surface area contributed by atoms with Gasteiger partial charge in [-0.25, -0.2) is 4.98 Å². The van der Waals surface area contributed by atoms with Gasteiger partial charge in [-0.05, 0) is 26.2 Å². The standard InChI is InChI=1S/C15H28N4/c1-12(2)9-13-11-17-14(18-13)10-15(3,4)19-7-5-16-6-8-19/h11-12,16H,5-10H2,1-4H3,(H,17,18). The Labute approximate surface area is 117 Å². The highest BCUT2D eigenvalue weighted by molar-refractivity contribution is 5.05. The minimum atomic E-state index is 0.176. The molecule has 4 nitrogen and oxygen atoms in total. The molecule has 0 aromatic carbocycles. The van der Waals surface area contributed by atoms with Crippen molar-refractivity contribution >= 4 is 0 Å². The summed E-state index contributed by atoms with van der Waals surface area (Å²) >= 11 is 0. The second-order valence-corrected chi connectivity index (χ2v) is 6.68. The SMILES string of the molecule is CC(C)Cc1cnc(CC(C)(C)N2CCNCC2)[nH]1. The molecule has 1 aliphatic rings. The molecule has 1 aliphatic heterocycles. The Balaban J connectivity index is 1.96.